The summed E-state index contributed by atoms with van der Waals surface area (Å²) in [6.07, 6.45) is 8.09. The van der Waals surface area contributed by atoms with Gasteiger partial charge in [-0.3, -0.25) is 4.79 Å². The van der Waals surface area contributed by atoms with E-state index in [0.29, 0.717) is 21.2 Å². The van der Waals surface area contributed by atoms with Gasteiger partial charge >= 0.3 is 0 Å². The number of rotatable bonds is 5. The van der Waals surface area contributed by atoms with Crippen molar-refractivity contribution in [2.24, 2.45) is 23.2 Å². The van der Waals surface area contributed by atoms with Gasteiger partial charge in [0.05, 0.1) is 0 Å². The smallest absolute Gasteiger partial charge is 0.258 e. The lowest BCUT2D eigenvalue weighted by Crippen LogP contribution is -2.56. The first kappa shape index (κ1) is 17.5. The summed E-state index contributed by atoms with van der Waals surface area (Å²) in [5.41, 5.74) is 0.309. The molecule has 1 aromatic carbocycles. The normalized spacial score (nSPS) is 34.0. The number of carbonyl (C=O) groups is 1. The van der Waals surface area contributed by atoms with Gasteiger partial charge in [-0.1, -0.05) is 23.2 Å². The molecule has 0 spiro atoms. The van der Waals surface area contributed by atoms with Gasteiger partial charge in [0.25, 0.3) is 5.91 Å². The van der Waals surface area contributed by atoms with Crippen molar-refractivity contribution in [1.82, 2.24) is 5.32 Å². The number of amides is 1. The Labute approximate surface area is 159 Å². The van der Waals surface area contributed by atoms with Crippen LogP contribution in [0, 0.1) is 23.2 Å². The maximum atomic E-state index is 12.4. The van der Waals surface area contributed by atoms with Crippen molar-refractivity contribution in [1.29, 1.82) is 0 Å². The molecule has 4 fully saturated rings. The van der Waals surface area contributed by atoms with E-state index >= 15 is 0 Å². The van der Waals surface area contributed by atoms with Gasteiger partial charge in [-0.25, -0.2) is 0 Å². The van der Waals surface area contributed by atoms with E-state index in [2.05, 4.69) is 12.2 Å². The SMILES string of the molecule is C[C@H](NC(=O)COc1cc(Cl)cc(Cl)c1)C12CC3CC(CC(C3)C1)C2. The van der Waals surface area contributed by atoms with Crippen molar-refractivity contribution in [3.8, 4) is 5.75 Å². The van der Waals surface area contributed by atoms with Crippen molar-refractivity contribution in [2.45, 2.75) is 51.5 Å². The summed E-state index contributed by atoms with van der Waals surface area (Å²) in [6.45, 7) is 2.18. The number of carbonyl (C=O) groups excluding carboxylic acids is 1. The molecule has 4 saturated carbocycles. The van der Waals surface area contributed by atoms with E-state index in [4.69, 9.17) is 27.9 Å². The lowest BCUT2D eigenvalue weighted by atomic mass is 9.48. The summed E-state index contributed by atoms with van der Waals surface area (Å²) in [5, 5.41) is 4.22. The van der Waals surface area contributed by atoms with Crippen LogP contribution in [0.2, 0.25) is 10.0 Å². The minimum atomic E-state index is -0.0701. The second-order valence-corrected chi connectivity index (χ2v) is 9.34. The Morgan fingerprint density at radius 3 is 2.16 bits per heavy atom. The summed E-state index contributed by atoms with van der Waals surface area (Å²) in [6, 6.07) is 5.19. The lowest BCUT2D eigenvalue weighted by Gasteiger charge is -2.59. The summed E-state index contributed by atoms with van der Waals surface area (Å²) in [5.74, 6) is 3.11. The van der Waals surface area contributed by atoms with E-state index < -0.39 is 0 Å². The molecule has 5 rings (SSSR count). The largest absolute Gasteiger partial charge is 0.484 e. The molecule has 136 valence electrons. The summed E-state index contributed by atoms with van der Waals surface area (Å²) in [7, 11) is 0. The number of hydrogen-bond acceptors (Lipinski definition) is 2. The molecule has 0 radical (unpaired) electrons. The Kier molecular flexibility index (Phi) is 4.66. The zero-order valence-electron chi connectivity index (χ0n) is 14.6. The second kappa shape index (κ2) is 6.66. The van der Waals surface area contributed by atoms with Crippen LogP contribution in [0.5, 0.6) is 5.75 Å². The molecule has 1 atom stereocenters. The lowest BCUT2D eigenvalue weighted by molar-refractivity contribution is -0.127. The van der Waals surface area contributed by atoms with Crippen molar-refractivity contribution in [2.75, 3.05) is 6.61 Å². The molecule has 4 aliphatic rings. The highest BCUT2D eigenvalue weighted by molar-refractivity contribution is 6.34. The Hall–Kier alpha value is -0.930. The Bertz CT molecular complexity index is 620. The molecule has 1 N–H and O–H groups in total. The summed E-state index contributed by atoms with van der Waals surface area (Å²) in [4.78, 5) is 12.4. The molecular formula is C20H25Cl2NO2. The minimum Gasteiger partial charge on any atom is -0.484 e. The van der Waals surface area contributed by atoms with E-state index in [1.807, 2.05) is 0 Å². The fraction of sp³-hybridized carbons (Fsp3) is 0.650. The number of halogens is 2. The molecule has 0 saturated heterocycles. The van der Waals surface area contributed by atoms with Gasteiger partial charge in [0.15, 0.2) is 6.61 Å². The van der Waals surface area contributed by atoms with Crippen LogP contribution in [-0.4, -0.2) is 18.6 Å². The average Bonchev–Trinajstić information content (AvgIpc) is 2.50. The molecule has 25 heavy (non-hydrogen) atoms. The molecule has 1 amide bonds. The molecule has 1 aromatic rings. The van der Waals surface area contributed by atoms with Crippen LogP contribution in [0.3, 0.4) is 0 Å². The van der Waals surface area contributed by atoms with Crippen molar-refractivity contribution < 1.29 is 9.53 Å². The van der Waals surface area contributed by atoms with Crippen LogP contribution in [0.15, 0.2) is 18.2 Å². The first-order valence-corrected chi connectivity index (χ1v) is 10.1. The van der Waals surface area contributed by atoms with Gasteiger partial charge in [0.1, 0.15) is 5.75 Å². The van der Waals surface area contributed by atoms with Crippen LogP contribution in [-0.2, 0) is 4.79 Å². The Morgan fingerprint density at radius 2 is 1.64 bits per heavy atom. The highest BCUT2D eigenvalue weighted by Gasteiger charge is 2.53. The zero-order chi connectivity index (χ0) is 17.6. The van der Waals surface area contributed by atoms with Crippen LogP contribution >= 0.6 is 23.2 Å². The Balaban J connectivity index is 1.34. The van der Waals surface area contributed by atoms with Gasteiger partial charge in [-0.15, -0.1) is 0 Å². The fourth-order valence-electron chi connectivity index (χ4n) is 5.90. The third-order valence-electron chi connectivity index (χ3n) is 6.59. The monoisotopic (exact) mass is 381 g/mol. The van der Waals surface area contributed by atoms with Crippen LogP contribution in [0.25, 0.3) is 0 Å². The van der Waals surface area contributed by atoms with Gasteiger partial charge in [0, 0.05) is 16.1 Å². The van der Waals surface area contributed by atoms with Gasteiger partial charge in [0.2, 0.25) is 0 Å². The maximum Gasteiger partial charge on any atom is 0.258 e. The minimum absolute atomic E-state index is 0.00657. The van der Waals surface area contributed by atoms with Gasteiger partial charge in [-0.05, 0) is 86.8 Å². The molecule has 5 heteroatoms. The van der Waals surface area contributed by atoms with Gasteiger partial charge < -0.3 is 10.1 Å². The van der Waals surface area contributed by atoms with Crippen molar-refractivity contribution >= 4 is 29.1 Å². The highest BCUT2D eigenvalue weighted by Crippen LogP contribution is 2.61. The highest BCUT2D eigenvalue weighted by atomic mass is 35.5. The zero-order valence-corrected chi connectivity index (χ0v) is 16.1. The van der Waals surface area contributed by atoms with Crippen molar-refractivity contribution in [3.05, 3.63) is 28.2 Å². The van der Waals surface area contributed by atoms with Crippen LogP contribution in [0.4, 0.5) is 0 Å². The Morgan fingerprint density at radius 1 is 1.12 bits per heavy atom. The molecule has 0 aromatic heterocycles. The maximum absolute atomic E-state index is 12.4. The number of benzene rings is 1. The standard InChI is InChI=1S/C20H25Cl2NO2/c1-12(20-8-13-2-14(9-20)4-15(3-13)10-20)23-19(24)11-25-18-6-16(21)5-17(22)7-18/h5-7,12-15H,2-4,8-11H2,1H3,(H,23,24)/t12-,13?,14?,15?,20?/m0/s1. The molecule has 4 bridgehead atoms. The summed E-state index contributed by atoms with van der Waals surface area (Å²) >= 11 is 11.9. The quantitative estimate of drug-likeness (QED) is 0.770. The van der Waals surface area contributed by atoms with Crippen LogP contribution < -0.4 is 10.1 Å². The average molecular weight is 382 g/mol. The molecule has 4 aliphatic carbocycles. The van der Waals surface area contributed by atoms with Gasteiger partial charge in [-0.2, -0.15) is 0 Å². The van der Waals surface area contributed by atoms with E-state index in [0.717, 1.165) is 17.8 Å². The molecule has 0 unspecified atom stereocenters. The van der Waals surface area contributed by atoms with E-state index in [-0.39, 0.29) is 18.6 Å². The van der Waals surface area contributed by atoms with E-state index in [1.54, 1.807) is 18.2 Å². The predicted octanol–water partition coefficient (Wildman–Crippen LogP) is 5.09. The van der Waals surface area contributed by atoms with E-state index in [9.17, 15) is 4.79 Å². The van der Waals surface area contributed by atoms with E-state index in [1.165, 1.54) is 38.5 Å². The predicted molar refractivity (Wildman–Crippen MR) is 100 cm³/mol. The third-order valence-corrected chi connectivity index (χ3v) is 7.02. The van der Waals surface area contributed by atoms with Crippen molar-refractivity contribution in [3.63, 3.8) is 0 Å². The first-order chi connectivity index (χ1) is 11.9. The molecule has 0 heterocycles. The molecular weight excluding hydrogens is 357 g/mol. The third kappa shape index (κ3) is 3.64. The first-order valence-electron chi connectivity index (χ1n) is 9.30. The van der Waals surface area contributed by atoms with Crippen LogP contribution in [0.1, 0.15) is 45.4 Å². The molecule has 0 aliphatic heterocycles. The number of hydrogen-bond donors (Lipinski definition) is 1. The fourth-order valence-corrected chi connectivity index (χ4v) is 6.41. The molecule has 3 nitrogen and oxygen atoms in total. The summed E-state index contributed by atoms with van der Waals surface area (Å²) < 4.78 is 5.57. The number of nitrogens with one attached hydrogen (secondary N) is 1. The number of ether oxygens (including phenoxy) is 1. The second-order valence-electron chi connectivity index (χ2n) is 8.46. The topological polar surface area (TPSA) is 38.3 Å².